The van der Waals surface area contributed by atoms with Crippen molar-refractivity contribution in [3.63, 3.8) is 0 Å². The van der Waals surface area contributed by atoms with Gasteiger partial charge in [-0.15, -0.1) is 0 Å². The molecule has 0 aliphatic heterocycles. The number of fused-ring (bicyclic) bond motifs is 1. The van der Waals surface area contributed by atoms with E-state index in [1.807, 2.05) is 60.7 Å². The number of nitrogens with one attached hydrogen (secondary N) is 1. The van der Waals surface area contributed by atoms with Gasteiger partial charge in [-0.2, -0.15) is 0 Å². The van der Waals surface area contributed by atoms with E-state index in [4.69, 9.17) is 4.84 Å². The Balaban J connectivity index is 1.37. The topological polar surface area (TPSA) is 82.3 Å². The Kier molecular flexibility index (Phi) is 7.75. The highest BCUT2D eigenvalue weighted by atomic mass is 19.1. The second-order valence-electron chi connectivity index (χ2n) is 9.12. The van der Waals surface area contributed by atoms with Crippen LogP contribution in [0, 0.1) is 5.82 Å². The third-order valence-electron chi connectivity index (χ3n) is 6.46. The Hall–Kier alpha value is -4.82. The Labute approximate surface area is 223 Å². The molecule has 4 aromatic carbocycles. The normalized spacial score (nSPS) is 11.0. The molecule has 7 nitrogen and oxygen atoms in total. The molecule has 5 rings (SSSR count). The van der Waals surface area contributed by atoms with Crippen molar-refractivity contribution < 1.29 is 14.0 Å². The minimum absolute atomic E-state index is 0.0941. The van der Waals surface area contributed by atoms with Gasteiger partial charge in [-0.1, -0.05) is 72.8 Å². The number of rotatable bonds is 9. The molecule has 196 valence electrons. The summed E-state index contributed by atoms with van der Waals surface area (Å²) >= 11 is 0. The van der Waals surface area contributed by atoms with Gasteiger partial charge in [-0.05, 0) is 53.4 Å². The summed E-state index contributed by atoms with van der Waals surface area (Å²) < 4.78 is 16.7. The van der Waals surface area contributed by atoms with E-state index < -0.39 is 23.0 Å². The van der Waals surface area contributed by atoms with Crippen LogP contribution >= 0.6 is 0 Å². The van der Waals surface area contributed by atoms with E-state index in [9.17, 15) is 18.8 Å². The molecule has 0 aliphatic rings. The molecule has 0 spiro atoms. The lowest BCUT2D eigenvalue weighted by molar-refractivity contribution is 0.0233. The van der Waals surface area contributed by atoms with Crippen molar-refractivity contribution >= 4 is 16.8 Å². The smallest absolute Gasteiger partial charge is 0.289 e. The number of aromatic nitrogens is 2. The third kappa shape index (κ3) is 6.02. The standard InChI is InChI=1S/C31H26FN3O4/c32-26-15-16-27-28(19-26)35(31(38)34(30(27)37)18-17-22-7-3-1-4-8-22)20-23-11-13-25(14-12-23)29(36)33-39-21-24-9-5-2-6-10-24/h1-16,19H,17-18,20-21H2,(H,33,36). The van der Waals surface area contributed by atoms with Gasteiger partial charge in [0.1, 0.15) is 5.82 Å². The molecular weight excluding hydrogens is 497 g/mol. The Morgan fingerprint density at radius 3 is 2.13 bits per heavy atom. The summed E-state index contributed by atoms with van der Waals surface area (Å²) in [5.74, 6) is -0.948. The van der Waals surface area contributed by atoms with Crippen molar-refractivity contribution in [2.45, 2.75) is 26.1 Å². The van der Waals surface area contributed by atoms with Crippen LogP contribution in [-0.4, -0.2) is 15.0 Å². The van der Waals surface area contributed by atoms with Crippen molar-refractivity contribution in [3.8, 4) is 0 Å². The molecule has 1 aromatic heterocycles. The Morgan fingerprint density at radius 2 is 1.44 bits per heavy atom. The molecule has 0 atom stereocenters. The van der Waals surface area contributed by atoms with Gasteiger partial charge in [-0.25, -0.2) is 14.7 Å². The van der Waals surface area contributed by atoms with Crippen molar-refractivity contribution in [2.24, 2.45) is 0 Å². The minimum atomic E-state index is -0.542. The number of carbonyl (C=O) groups is 1. The first-order chi connectivity index (χ1) is 19.0. The number of hydroxylamine groups is 1. The van der Waals surface area contributed by atoms with Crippen LogP contribution in [0.15, 0.2) is 113 Å². The van der Waals surface area contributed by atoms with Gasteiger partial charge in [-0.3, -0.25) is 23.6 Å². The molecule has 1 heterocycles. The van der Waals surface area contributed by atoms with E-state index in [0.29, 0.717) is 17.5 Å². The van der Waals surface area contributed by atoms with Gasteiger partial charge in [0, 0.05) is 12.1 Å². The molecule has 0 radical (unpaired) electrons. The number of nitrogens with zero attached hydrogens (tertiary/aromatic N) is 2. The minimum Gasteiger partial charge on any atom is -0.289 e. The number of carbonyl (C=O) groups excluding carboxylic acids is 1. The van der Waals surface area contributed by atoms with E-state index >= 15 is 0 Å². The van der Waals surface area contributed by atoms with Crippen LogP contribution in [0.2, 0.25) is 0 Å². The number of hydrogen-bond acceptors (Lipinski definition) is 4. The molecular formula is C31H26FN3O4. The maximum atomic E-state index is 14.2. The Bertz CT molecular complexity index is 1710. The lowest BCUT2D eigenvalue weighted by Crippen LogP contribution is -2.40. The highest BCUT2D eigenvalue weighted by Crippen LogP contribution is 2.14. The Morgan fingerprint density at radius 1 is 0.769 bits per heavy atom. The van der Waals surface area contributed by atoms with Crippen LogP contribution in [0.5, 0.6) is 0 Å². The zero-order valence-electron chi connectivity index (χ0n) is 21.0. The molecule has 39 heavy (non-hydrogen) atoms. The summed E-state index contributed by atoms with van der Waals surface area (Å²) in [7, 11) is 0. The maximum Gasteiger partial charge on any atom is 0.331 e. The van der Waals surface area contributed by atoms with E-state index in [2.05, 4.69) is 5.48 Å². The zero-order valence-corrected chi connectivity index (χ0v) is 21.0. The fourth-order valence-electron chi connectivity index (χ4n) is 4.39. The second kappa shape index (κ2) is 11.7. The molecule has 1 N–H and O–H groups in total. The predicted octanol–water partition coefficient (Wildman–Crippen LogP) is 4.45. The van der Waals surface area contributed by atoms with Crippen molar-refractivity contribution in [1.82, 2.24) is 14.6 Å². The fourth-order valence-corrected chi connectivity index (χ4v) is 4.39. The van der Waals surface area contributed by atoms with E-state index in [1.54, 1.807) is 24.3 Å². The third-order valence-corrected chi connectivity index (χ3v) is 6.46. The second-order valence-corrected chi connectivity index (χ2v) is 9.12. The van der Waals surface area contributed by atoms with Gasteiger partial charge in [0.05, 0.1) is 24.1 Å². The van der Waals surface area contributed by atoms with E-state index in [0.717, 1.165) is 11.1 Å². The lowest BCUT2D eigenvalue weighted by Gasteiger charge is -2.15. The summed E-state index contributed by atoms with van der Waals surface area (Å²) in [6, 6.07) is 29.5. The van der Waals surface area contributed by atoms with Gasteiger partial charge in [0.2, 0.25) is 0 Å². The number of benzene rings is 4. The maximum absolute atomic E-state index is 14.2. The molecule has 0 aliphatic carbocycles. The summed E-state index contributed by atoms with van der Waals surface area (Å²) in [6.45, 7) is 0.519. The lowest BCUT2D eigenvalue weighted by atomic mass is 10.1. The molecule has 0 saturated heterocycles. The van der Waals surface area contributed by atoms with Crippen molar-refractivity contribution in [3.05, 3.63) is 152 Å². The molecule has 1 amide bonds. The van der Waals surface area contributed by atoms with Crippen molar-refractivity contribution in [1.29, 1.82) is 0 Å². The first kappa shape index (κ1) is 25.8. The highest BCUT2D eigenvalue weighted by molar-refractivity contribution is 5.93. The van der Waals surface area contributed by atoms with Gasteiger partial charge < -0.3 is 0 Å². The molecule has 0 fully saturated rings. The zero-order chi connectivity index (χ0) is 27.2. The molecule has 0 bridgehead atoms. The number of amides is 1. The monoisotopic (exact) mass is 523 g/mol. The van der Waals surface area contributed by atoms with Crippen LogP contribution < -0.4 is 16.7 Å². The van der Waals surface area contributed by atoms with Gasteiger partial charge >= 0.3 is 5.69 Å². The molecule has 8 heteroatoms. The van der Waals surface area contributed by atoms with Crippen molar-refractivity contribution in [2.75, 3.05) is 0 Å². The van der Waals surface area contributed by atoms with Gasteiger partial charge in [0.25, 0.3) is 11.5 Å². The first-order valence-corrected chi connectivity index (χ1v) is 12.5. The molecule has 5 aromatic rings. The van der Waals surface area contributed by atoms with Gasteiger partial charge in [0.15, 0.2) is 0 Å². The van der Waals surface area contributed by atoms with Crippen LogP contribution in [-0.2, 0) is 31.0 Å². The van der Waals surface area contributed by atoms with Crippen LogP contribution in [0.1, 0.15) is 27.0 Å². The quantitative estimate of drug-likeness (QED) is 0.290. The summed E-state index contributed by atoms with van der Waals surface area (Å²) in [5, 5.41) is 0.260. The van der Waals surface area contributed by atoms with Crippen LogP contribution in [0.3, 0.4) is 0 Å². The fraction of sp³-hybridized carbons (Fsp3) is 0.129. The van der Waals surface area contributed by atoms with Crippen LogP contribution in [0.25, 0.3) is 10.9 Å². The predicted molar refractivity (Wildman–Crippen MR) is 147 cm³/mol. The summed E-state index contributed by atoms with van der Waals surface area (Å²) in [4.78, 5) is 44.4. The van der Waals surface area contributed by atoms with E-state index in [1.165, 1.54) is 27.3 Å². The first-order valence-electron chi connectivity index (χ1n) is 12.5. The number of aryl methyl sites for hydroxylation is 1. The SMILES string of the molecule is O=C(NOCc1ccccc1)c1ccc(Cn2c(=O)n(CCc3ccccc3)c(=O)c3ccc(F)cc32)cc1. The van der Waals surface area contributed by atoms with Crippen LogP contribution in [0.4, 0.5) is 4.39 Å². The molecule has 0 saturated carbocycles. The molecule has 0 unspecified atom stereocenters. The number of hydrogen-bond donors (Lipinski definition) is 1. The highest BCUT2D eigenvalue weighted by Gasteiger charge is 2.15. The number of halogens is 1. The summed E-state index contributed by atoms with van der Waals surface area (Å²) in [6.07, 6.45) is 0.499. The van der Waals surface area contributed by atoms with E-state index in [-0.39, 0.29) is 30.6 Å². The average molecular weight is 524 g/mol. The largest absolute Gasteiger partial charge is 0.331 e. The summed E-state index contributed by atoms with van der Waals surface area (Å²) in [5.41, 5.74) is 4.67. The average Bonchev–Trinajstić information content (AvgIpc) is 2.96.